The van der Waals surface area contributed by atoms with Gasteiger partial charge in [-0.1, -0.05) is 18.5 Å². The van der Waals surface area contributed by atoms with Crippen LogP contribution in [0.2, 0.25) is 5.02 Å². The Balaban J connectivity index is 1.61. The highest BCUT2D eigenvalue weighted by molar-refractivity contribution is 7.92. The van der Waals surface area contributed by atoms with E-state index in [9.17, 15) is 36.6 Å². The molecule has 1 amide bonds. The van der Waals surface area contributed by atoms with Gasteiger partial charge in [0.1, 0.15) is 0 Å². The first-order chi connectivity index (χ1) is 15.9. The van der Waals surface area contributed by atoms with Crippen LogP contribution in [0.25, 0.3) is 0 Å². The molecule has 0 radical (unpaired) electrons. The molecule has 2 fully saturated rings. The van der Waals surface area contributed by atoms with E-state index < -0.39 is 56.6 Å². The summed E-state index contributed by atoms with van der Waals surface area (Å²) < 4.78 is 67.0. The summed E-state index contributed by atoms with van der Waals surface area (Å²) in [6.45, 7) is 1.47. The van der Waals surface area contributed by atoms with Crippen LogP contribution in [0.1, 0.15) is 36.5 Å². The maximum absolute atomic E-state index is 13.5. The summed E-state index contributed by atoms with van der Waals surface area (Å²) in [7, 11) is -4.02. The lowest BCUT2D eigenvalue weighted by atomic mass is 9.74. The van der Waals surface area contributed by atoms with Crippen LogP contribution >= 0.6 is 11.6 Å². The number of anilines is 1. The predicted octanol–water partition coefficient (Wildman–Crippen LogP) is 3.94. The van der Waals surface area contributed by atoms with Crippen molar-refractivity contribution in [3.8, 4) is 0 Å². The fraction of sp³-hybridized carbons (Fsp3) is 0.435. The topological polar surface area (TPSA) is 104 Å². The molecule has 1 unspecified atom stereocenters. The molecule has 5 atom stereocenters. The molecule has 2 bridgehead atoms. The van der Waals surface area contributed by atoms with E-state index in [0.29, 0.717) is 18.6 Å². The Morgan fingerprint density at radius 2 is 1.79 bits per heavy atom. The summed E-state index contributed by atoms with van der Waals surface area (Å²) in [5, 5.41) is 21.9. The average molecular weight is 518 g/mol. The molecule has 34 heavy (non-hydrogen) atoms. The van der Waals surface area contributed by atoms with Crippen LogP contribution in [0.5, 0.6) is 0 Å². The van der Waals surface area contributed by atoms with E-state index in [0.717, 1.165) is 6.07 Å². The minimum atomic E-state index is -4.02. The van der Waals surface area contributed by atoms with Crippen molar-refractivity contribution in [3.05, 3.63) is 58.4 Å². The third-order valence-electron chi connectivity index (χ3n) is 7.19. The smallest absolute Gasteiger partial charge is 0.255 e. The number of carbonyl (C=O) groups excluding carboxylic acids is 1. The molecule has 4 rings (SSSR count). The number of aliphatic hydroxyl groups is 2. The van der Waals surface area contributed by atoms with Crippen molar-refractivity contribution in [2.75, 3.05) is 11.9 Å². The van der Waals surface area contributed by atoms with Gasteiger partial charge in [0.2, 0.25) is 0 Å². The van der Waals surface area contributed by atoms with Gasteiger partial charge in [-0.2, -0.15) is 0 Å². The average Bonchev–Trinajstić information content (AvgIpc) is 2.90. The number of sulfone groups is 1. The second-order valence-electron chi connectivity index (χ2n) is 9.16. The van der Waals surface area contributed by atoms with E-state index in [-0.39, 0.29) is 45.8 Å². The van der Waals surface area contributed by atoms with E-state index in [1.807, 2.05) is 6.92 Å². The molecule has 2 aromatic rings. The number of amides is 1. The summed E-state index contributed by atoms with van der Waals surface area (Å²) >= 11 is 6.18. The fourth-order valence-corrected chi connectivity index (χ4v) is 7.80. The van der Waals surface area contributed by atoms with Crippen molar-refractivity contribution >= 4 is 33.0 Å². The van der Waals surface area contributed by atoms with Gasteiger partial charge in [-0.25, -0.2) is 21.6 Å². The zero-order chi connectivity index (χ0) is 25.0. The molecule has 6 nitrogen and oxygen atoms in total. The van der Waals surface area contributed by atoms with Crippen LogP contribution in [-0.2, 0) is 9.84 Å². The summed E-state index contributed by atoms with van der Waals surface area (Å²) in [5.74, 6) is -6.28. The van der Waals surface area contributed by atoms with Crippen LogP contribution in [0.15, 0.2) is 35.2 Å². The highest BCUT2D eigenvalue weighted by atomic mass is 35.5. The number of benzene rings is 2. The molecule has 0 aliphatic heterocycles. The molecule has 2 aliphatic carbocycles. The normalized spacial score (nSPS) is 28.7. The molecular formula is C23H23ClF3NO5S. The Hall–Kier alpha value is -2.14. The van der Waals surface area contributed by atoms with E-state index in [2.05, 4.69) is 5.32 Å². The molecule has 0 saturated heterocycles. The molecule has 2 aromatic carbocycles. The van der Waals surface area contributed by atoms with Gasteiger partial charge in [0.05, 0.1) is 27.4 Å². The largest absolute Gasteiger partial charge is 0.393 e. The van der Waals surface area contributed by atoms with Gasteiger partial charge >= 0.3 is 0 Å². The zero-order valence-corrected chi connectivity index (χ0v) is 19.6. The number of rotatable bonds is 5. The molecule has 0 aromatic heterocycles. The van der Waals surface area contributed by atoms with E-state index in [1.54, 1.807) is 0 Å². The van der Waals surface area contributed by atoms with Gasteiger partial charge in [0.25, 0.3) is 5.91 Å². The number of aliphatic hydroxyl groups excluding tert-OH is 1. The van der Waals surface area contributed by atoms with Crippen molar-refractivity contribution in [2.24, 2.45) is 17.8 Å². The lowest BCUT2D eigenvalue weighted by Crippen LogP contribution is -2.51. The molecule has 11 heteroatoms. The monoisotopic (exact) mass is 517 g/mol. The van der Waals surface area contributed by atoms with Gasteiger partial charge in [-0.3, -0.25) is 4.79 Å². The van der Waals surface area contributed by atoms with Gasteiger partial charge in [0.15, 0.2) is 27.3 Å². The van der Waals surface area contributed by atoms with Gasteiger partial charge < -0.3 is 15.5 Å². The highest BCUT2D eigenvalue weighted by Crippen LogP contribution is 2.54. The molecule has 184 valence electrons. The summed E-state index contributed by atoms with van der Waals surface area (Å²) in [6, 6.07) is 4.78. The number of halogens is 4. The molecule has 2 aliphatic rings. The van der Waals surface area contributed by atoms with Gasteiger partial charge in [0, 0.05) is 23.4 Å². The van der Waals surface area contributed by atoms with E-state index in [4.69, 9.17) is 11.6 Å². The standard InChI is InChI=1S/C23H23ClF3NO5S/c1-11-4-13-6-15(9-16(11)23(13,31)10-29)34(32,33)20-5-12(2-3-17(20)24)22(30)28-14-7-18(25)21(27)19(26)8-14/h2-3,5,7-8,11,13,15-16,29,31H,4,6,9-10H2,1H3,(H,28,30)/t11-,13?,15-,16+,23-/m0/s1. The fourth-order valence-electron chi connectivity index (χ4n) is 5.42. The van der Waals surface area contributed by atoms with Crippen molar-refractivity contribution in [3.63, 3.8) is 0 Å². The van der Waals surface area contributed by atoms with Crippen molar-refractivity contribution in [2.45, 2.75) is 41.9 Å². The Labute approximate surface area is 199 Å². The summed E-state index contributed by atoms with van der Waals surface area (Å²) in [6.07, 6.45) is 0.869. The minimum Gasteiger partial charge on any atom is -0.393 e. The molecular weight excluding hydrogens is 495 g/mol. The first kappa shape index (κ1) is 25.0. The highest BCUT2D eigenvalue weighted by Gasteiger charge is 2.58. The van der Waals surface area contributed by atoms with Crippen molar-refractivity contribution in [1.29, 1.82) is 0 Å². The van der Waals surface area contributed by atoms with E-state index in [1.165, 1.54) is 12.1 Å². The minimum absolute atomic E-state index is 0.0337. The van der Waals surface area contributed by atoms with Crippen molar-refractivity contribution < 1.29 is 36.6 Å². The first-order valence-electron chi connectivity index (χ1n) is 10.7. The molecule has 2 saturated carbocycles. The van der Waals surface area contributed by atoms with Crippen LogP contribution in [0.3, 0.4) is 0 Å². The molecule has 0 heterocycles. The lowest BCUT2D eigenvalue weighted by Gasteiger charge is -2.41. The first-order valence-corrected chi connectivity index (χ1v) is 12.6. The number of nitrogens with one attached hydrogen (secondary N) is 1. The Morgan fingerprint density at radius 1 is 1.15 bits per heavy atom. The number of hydrogen-bond acceptors (Lipinski definition) is 5. The lowest BCUT2D eigenvalue weighted by molar-refractivity contribution is -0.0985. The Morgan fingerprint density at radius 3 is 2.38 bits per heavy atom. The molecule has 3 N–H and O–H groups in total. The maximum atomic E-state index is 13.5. The van der Waals surface area contributed by atoms with Crippen LogP contribution in [0, 0.1) is 35.2 Å². The number of carbonyl (C=O) groups is 1. The zero-order valence-electron chi connectivity index (χ0n) is 18.1. The second kappa shape index (κ2) is 8.82. The summed E-state index contributed by atoms with van der Waals surface area (Å²) in [5.41, 5.74) is -1.80. The van der Waals surface area contributed by atoms with Gasteiger partial charge in [-0.05, 0) is 55.2 Å². The predicted molar refractivity (Wildman–Crippen MR) is 119 cm³/mol. The number of hydrogen-bond donors (Lipinski definition) is 3. The van der Waals surface area contributed by atoms with E-state index >= 15 is 0 Å². The Bertz CT molecular complexity index is 1230. The SMILES string of the molecule is C[C@H]1CC2C[C@H](S(=O)(=O)c3cc(C(=O)Nc4cc(F)c(F)c(F)c4)ccc3Cl)C[C@H]1[C@]2(O)CO. The van der Waals surface area contributed by atoms with Crippen molar-refractivity contribution in [1.82, 2.24) is 0 Å². The third-order valence-corrected chi connectivity index (χ3v) is 9.85. The second-order valence-corrected chi connectivity index (χ2v) is 11.8. The Kier molecular flexibility index (Phi) is 6.48. The maximum Gasteiger partial charge on any atom is 0.255 e. The quantitative estimate of drug-likeness (QED) is 0.521. The number of fused-ring (bicyclic) bond motifs is 2. The van der Waals surface area contributed by atoms with Crippen LogP contribution in [-0.4, -0.2) is 42.0 Å². The molecule has 0 spiro atoms. The van der Waals surface area contributed by atoms with Gasteiger partial charge in [-0.15, -0.1) is 0 Å². The third kappa shape index (κ3) is 4.10. The van der Waals surface area contributed by atoms with Crippen LogP contribution in [0.4, 0.5) is 18.9 Å². The summed E-state index contributed by atoms with van der Waals surface area (Å²) in [4.78, 5) is 12.3. The van der Waals surface area contributed by atoms with Crippen LogP contribution < -0.4 is 5.32 Å².